The van der Waals surface area contributed by atoms with Gasteiger partial charge in [-0.1, -0.05) is 38.4 Å². The van der Waals surface area contributed by atoms with Gasteiger partial charge in [0.1, 0.15) is 5.15 Å². The summed E-state index contributed by atoms with van der Waals surface area (Å²) in [6.07, 6.45) is 1.83. The quantitative estimate of drug-likeness (QED) is 0.697. The largest absolute Gasteiger partial charge is 0.244 e. The predicted octanol–water partition coefficient (Wildman–Crippen LogP) is 3.77. The van der Waals surface area contributed by atoms with E-state index < -0.39 is 0 Å². The van der Waals surface area contributed by atoms with E-state index in [1.165, 1.54) is 5.56 Å². The van der Waals surface area contributed by atoms with Crippen LogP contribution >= 0.6 is 23.4 Å². The first kappa shape index (κ1) is 10.9. The number of halogens is 1. The first-order valence-corrected chi connectivity index (χ1v) is 5.58. The highest BCUT2D eigenvalue weighted by molar-refractivity contribution is 7.99. The number of aromatic nitrogens is 1. The van der Waals surface area contributed by atoms with E-state index >= 15 is 0 Å². The van der Waals surface area contributed by atoms with Crippen LogP contribution in [0.3, 0.4) is 0 Å². The van der Waals surface area contributed by atoms with Crippen molar-refractivity contribution in [3.8, 4) is 0 Å². The van der Waals surface area contributed by atoms with Crippen molar-refractivity contribution in [2.24, 2.45) is 0 Å². The number of hydrogen-bond donors (Lipinski definition) is 0. The monoisotopic (exact) mass is 215 g/mol. The van der Waals surface area contributed by atoms with Crippen molar-refractivity contribution in [3.63, 3.8) is 0 Å². The van der Waals surface area contributed by atoms with E-state index in [0.29, 0.717) is 9.90 Å². The Kier molecular flexibility index (Phi) is 3.63. The molecule has 0 spiro atoms. The van der Waals surface area contributed by atoms with E-state index in [9.17, 15) is 0 Å². The average molecular weight is 216 g/mol. The molecule has 0 fully saturated rings. The van der Waals surface area contributed by atoms with Crippen LogP contribution in [0.4, 0.5) is 0 Å². The fourth-order valence-electron chi connectivity index (χ4n) is 0.792. The molecule has 0 radical (unpaired) electrons. The van der Waals surface area contributed by atoms with Crippen molar-refractivity contribution in [3.05, 3.63) is 29.0 Å². The van der Waals surface area contributed by atoms with E-state index in [4.69, 9.17) is 11.6 Å². The van der Waals surface area contributed by atoms with Gasteiger partial charge < -0.3 is 0 Å². The molecule has 0 unspecified atom stereocenters. The third-order valence-corrected chi connectivity index (χ3v) is 3.03. The highest BCUT2D eigenvalue weighted by atomic mass is 35.5. The number of rotatable bonds is 2. The second kappa shape index (κ2) is 4.34. The van der Waals surface area contributed by atoms with Crippen LogP contribution in [0, 0.1) is 0 Å². The van der Waals surface area contributed by atoms with Gasteiger partial charge in [0, 0.05) is 16.7 Å². The smallest absolute Gasteiger partial charge is 0.129 e. The SMILES string of the molecule is CC(C)(C)SCc1ccc(Cl)nc1. The molecule has 1 nitrogen and oxygen atoms in total. The van der Waals surface area contributed by atoms with E-state index in [0.717, 1.165) is 5.75 Å². The summed E-state index contributed by atoms with van der Waals surface area (Å²) < 4.78 is 0.305. The van der Waals surface area contributed by atoms with Crippen LogP contribution in [0.1, 0.15) is 26.3 Å². The van der Waals surface area contributed by atoms with Gasteiger partial charge in [0.15, 0.2) is 0 Å². The molecule has 0 bridgehead atoms. The standard InChI is InChI=1S/C10H14ClNS/c1-10(2,3)13-7-8-4-5-9(11)12-6-8/h4-6H,7H2,1-3H3. The highest BCUT2D eigenvalue weighted by Gasteiger charge is 2.10. The van der Waals surface area contributed by atoms with Crippen LogP contribution in [0.25, 0.3) is 0 Å². The Hall–Kier alpha value is -0.210. The Labute approximate surface area is 88.9 Å². The van der Waals surface area contributed by atoms with Gasteiger partial charge in [-0.2, -0.15) is 11.8 Å². The molecule has 72 valence electrons. The number of pyridine rings is 1. The molecule has 0 amide bonds. The second-order valence-corrected chi connectivity index (χ2v) is 6.08. The van der Waals surface area contributed by atoms with Gasteiger partial charge in [0.25, 0.3) is 0 Å². The van der Waals surface area contributed by atoms with Crippen LogP contribution in [0.15, 0.2) is 18.3 Å². The maximum Gasteiger partial charge on any atom is 0.129 e. The van der Waals surface area contributed by atoms with Crippen LogP contribution in [-0.4, -0.2) is 9.73 Å². The molecule has 1 rings (SSSR count). The number of nitrogens with zero attached hydrogens (tertiary/aromatic N) is 1. The summed E-state index contributed by atoms with van der Waals surface area (Å²) in [7, 11) is 0. The minimum absolute atomic E-state index is 0.305. The van der Waals surface area contributed by atoms with Gasteiger partial charge >= 0.3 is 0 Å². The highest BCUT2D eigenvalue weighted by Crippen LogP contribution is 2.26. The molecular formula is C10H14ClNS. The minimum atomic E-state index is 0.305. The summed E-state index contributed by atoms with van der Waals surface area (Å²) in [6, 6.07) is 3.86. The molecule has 13 heavy (non-hydrogen) atoms. The van der Waals surface area contributed by atoms with Crippen molar-refractivity contribution in [1.82, 2.24) is 4.98 Å². The van der Waals surface area contributed by atoms with Gasteiger partial charge in [0.2, 0.25) is 0 Å². The van der Waals surface area contributed by atoms with E-state index in [1.54, 1.807) is 0 Å². The molecule has 3 heteroatoms. The Bertz CT molecular complexity index is 263. The summed E-state index contributed by atoms with van der Waals surface area (Å²) in [6.45, 7) is 6.63. The van der Waals surface area contributed by atoms with Crippen molar-refractivity contribution in [1.29, 1.82) is 0 Å². The Balaban J connectivity index is 2.51. The lowest BCUT2D eigenvalue weighted by Gasteiger charge is -2.17. The second-order valence-electron chi connectivity index (χ2n) is 3.89. The normalized spacial score (nSPS) is 11.7. The molecule has 0 aliphatic rings. The van der Waals surface area contributed by atoms with Crippen LogP contribution in [0.2, 0.25) is 5.15 Å². The zero-order valence-corrected chi connectivity index (χ0v) is 9.75. The van der Waals surface area contributed by atoms with E-state index in [1.807, 2.05) is 30.1 Å². The first-order chi connectivity index (χ1) is 5.97. The summed E-state index contributed by atoms with van der Waals surface area (Å²) >= 11 is 7.59. The Morgan fingerprint density at radius 1 is 1.38 bits per heavy atom. The van der Waals surface area contributed by atoms with E-state index in [2.05, 4.69) is 25.8 Å². The predicted molar refractivity (Wildman–Crippen MR) is 60.3 cm³/mol. The zero-order chi connectivity index (χ0) is 9.90. The van der Waals surface area contributed by atoms with Crippen LogP contribution in [-0.2, 0) is 5.75 Å². The third kappa shape index (κ3) is 4.53. The molecule has 0 aromatic carbocycles. The Morgan fingerprint density at radius 2 is 2.08 bits per heavy atom. The van der Waals surface area contributed by atoms with Crippen molar-refractivity contribution < 1.29 is 0 Å². The molecule has 0 aliphatic carbocycles. The number of thioether (sulfide) groups is 1. The van der Waals surface area contributed by atoms with Crippen molar-refractivity contribution >= 4 is 23.4 Å². The van der Waals surface area contributed by atoms with Crippen molar-refractivity contribution in [2.45, 2.75) is 31.3 Å². The molecule has 1 heterocycles. The van der Waals surface area contributed by atoms with Gasteiger partial charge in [-0.15, -0.1) is 0 Å². The van der Waals surface area contributed by atoms with Gasteiger partial charge in [-0.25, -0.2) is 4.98 Å². The van der Waals surface area contributed by atoms with E-state index in [-0.39, 0.29) is 0 Å². The van der Waals surface area contributed by atoms with Crippen LogP contribution < -0.4 is 0 Å². The first-order valence-electron chi connectivity index (χ1n) is 4.22. The molecule has 0 atom stereocenters. The van der Waals surface area contributed by atoms with Crippen molar-refractivity contribution in [2.75, 3.05) is 0 Å². The third-order valence-electron chi connectivity index (χ3n) is 1.46. The maximum absolute atomic E-state index is 5.68. The lowest BCUT2D eigenvalue weighted by molar-refractivity contribution is 0.802. The molecule has 1 aromatic rings. The maximum atomic E-state index is 5.68. The lowest BCUT2D eigenvalue weighted by Crippen LogP contribution is -2.07. The van der Waals surface area contributed by atoms with Gasteiger partial charge in [-0.05, 0) is 11.6 Å². The summed E-state index contributed by atoms with van der Waals surface area (Å²) in [4.78, 5) is 4.03. The molecule has 1 aromatic heterocycles. The van der Waals surface area contributed by atoms with Gasteiger partial charge in [-0.3, -0.25) is 0 Å². The van der Waals surface area contributed by atoms with Crippen LogP contribution in [0.5, 0.6) is 0 Å². The average Bonchev–Trinajstić information content (AvgIpc) is 2.02. The summed E-state index contributed by atoms with van der Waals surface area (Å²) in [5.41, 5.74) is 1.23. The summed E-state index contributed by atoms with van der Waals surface area (Å²) in [5, 5.41) is 0.560. The molecule has 0 aliphatic heterocycles. The lowest BCUT2D eigenvalue weighted by atomic mass is 10.3. The molecule has 0 saturated heterocycles. The Morgan fingerprint density at radius 3 is 2.54 bits per heavy atom. The molecular weight excluding hydrogens is 202 g/mol. The molecule has 0 N–H and O–H groups in total. The fourth-order valence-corrected chi connectivity index (χ4v) is 1.67. The molecule has 0 saturated carbocycles. The summed E-state index contributed by atoms with van der Waals surface area (Å²) in [5.74, 6) is 0.994. The zero-order valence-electron chi connectivity index (χ0n) is 8.17. The number of hydrogen-bond acceptors (Lipinski definition) is 2. The van der Waals surface area contributed by atoms with Gasteiger partial charge in [0.05, 0.1) is 0 Å². The topological polar surface area (TPSA) is 12.9 Å². The minimum Gasteiger partial charge on any atom is -0.244 e. The fraction of sp³-hybridized carbons (Fsp3) is 0.500.